The average molecular weight is 481 g/mol. The van der Waals surface area contributed by atoms with Crippen molar-refractivity contribution in [3.05, 3.63) is 94.0 Å². The molecular formula is C27H32N2O4S. The molecule has 6 nitrogen and oxygen atoms in total. The Hall–Kier alpha value is -3.16. The second kappa shape index (κ2) is 10.8. The maximum Gasteiger partial charge on any atom is 0.258 e. The highest BCUT2D eigenvalue weighted by molar-refractivity contribution is 7.89. The van der Waals surface area contributed by atoms with Crippen LogP contribution >= 0.6 is 0 Å². The van der Waals surface area contributed by atoms with Gasteiger partial charge in [0.2, 0.25) is 10.0 Å². The van der Waals surface area contributed by atoms with Gasteiger partial charge in [-0.1, -0.05) is 42.5 Å². The molecule has 0 unspecified atom stereocenters. The van der Waals surface area contributed by atoms with Crippen LogP contribution in [0.5, 0.6) is 5.75 Å². The topological polar surface area (TPSA) is 84.5 Å². The van der Waals surface area contributed by atoms with E-state index >= 15 is 0 Å². The number of ether oxygens (including phenoxy) is 1. The summed E-state index contributed by atoms with van der Waals surface area (Å²) in [7, 11) is -3.67. The zero-order chi connectivity index (χ0) is 24.9. The number of hydrogen-bond donors (Lipinski definition) is 2. The number of hydrogen-bond acceptors (Lipinski definition) is 4. The monoisotopic (exact) mass is 480 g/mol. The van der Waals surface area contributed by atoms with Crippen LogP contribution in [0.1, 0.15) is 46.3 Å². The van der Waals surface area contributed by atoms with E-state index < -0.39 is 10.0 Å². The smallest absolute Gasteiger partial charge is 0.258 e. The third-order valence-electron chi connectivity index (χ3n) is 5.85. The minimum absolute atomic E-state index is 0.150. The average Bonchev–Trinajstić information content (AvgIpc) is 2.80. The molecule has 0 saturated heterocycles. The fourth-order valence-corrected chi connectivity index (χ4v) is 4.86. The zero-order valence-corrected chi connectivity index (χ0v) is 21.1. The number of amides is 1. The lowest BCUT2D eigenvalue weighted by Gasteiger charge is -2.19. The van der Waals surface area contributed by atoms with E-state index in [1.165, 1.54) is 17.2 Å². The highest BCUT2D eigenvalue weighted by Crippen LogP contribution is 2.23. The zero-order valence-electron chi connectivity index (χ0n) is 20.3. The summed E-state index contributed by atoms with van der Waals surface area (Å²) in [6.45, 7) is 9.91. The van der Waals surface area contributed by atoms with Crippen LogP contribution in [0.3, 0.4) is 0 Å². The van der Waals surface area contributed by atoms with E-state index in [9.17, 15) is 13.2 Å². The van der Waals surface area contributed by atoms with E-state index in [0.717, 1.165) is 16.7 Å². The van der Waals surface area contributed by atoms with Gasteiger partial charge in [-0.25, -0.2) is 13.1 Å². The first kappa shape index (κ1) is 25.5. The second-order valence-corrected chi connectivity index (χ2v) is 10.4. The van der Waals surface area contributed by atoms with Crippen molar-refractivity contribution < 1.29 is 17.9 Å². The molecule has 0 aliphatic carbocycles. The number of sulfonamides is 1. The van der Waals surface area contributed by atoms with Crippen LogP contribution in [0.15, 0.2) is 65.6 Å². The van der Waals surface area contributed by atoms with Gasteiger partial charge < -0.3 is 10.1 Å². The van der Waals surface area contributed by atoms with Gasteiger partial charge in [0.05, 0.1) is 10.9 Å². The fourth-order valence-electron chi connectivity index (χ4n) is 3.76. The summed E-state index contributed by atoms with van der Waals surface area (Å²) in [6.07, 6.45) is 0. The van der Waals surface area contributed by atoms with Crippen LogP contribution < -0.4 is 14.8 Å². The third kappa shape index (κ3) is 6.46. The molecule has 0 aliphatic rings. The molecule has 3 aromatic rings. The van der Waals surface area contributed by atoms with Crippen LogP contribution in [0, 0.1) is 27.7 Å². The molecule has 0 bridgehead atoms. The lowest BCUT2D eigenvalue weighted by atomic mass is 9.96. The van der Waals surface area contributed by atoms with Crippen molar-refractivity contribution in [3.8, 4) is 5.75 Å². The third-order valence-corrected chi connectivity index (χ3v) is 7.25. The lowest BCUT2D eigenvalue weighted by molar-refractivity contribution is -0.123. The SMILES string of the molecule is Cc1cc(C)c([C@@H](C)NC(=O)COc2ccc(S(=O)(=O)NCc3ccccc3)cc2C)cc1C. The molecule has 1 amide bonds. The molecule has 0 fully saturated rings. The van der Waals surface area contributed by atoms with E-state index in [1.54, 1.807) is 19.1 Å². The lowest BCUT2D eigenvalue weighted by Crippen LogP contribution is -2.31. The van der Waals surface area contributed by atoms with E-state index in [4.69, 9.17) is 4.74 Å². The minimum Gasteiger partial charge on any atom is -0.484 e. The molecule has 0 spiro atoms. The number of aryl methyl sites for hydroxylation is 4. The van der Waals surface area contributed by atoms with Gasteiger partial charge in [0.25, 0.3) is 5.91 Å². The van der Waals surface area contributed by atoms with E-state index in [-0.39, 0.29) is 30.0 Å². The Bertz CT molecular complexity index is 1270. The van der Waals surface area contributed by atoms with Crippen LogP contribution in [0.2, 0.25) is 0 Å². The van der Waals surface area contributed by atoms with Crippen LogP contribution in [0.4, 0.5) is 0 Å². The van der Waals surface area contributed by atoms with Gasteiger partial charge in [-0.05, 0) is 86.2 Å². The van der Waals surface area contributed by atoms with Crippen LogP contribution in [-0.4, -0.2) is 20.9 Å². The van der Waals surface area contributed by atoms with Gasteiger partial charge in [-0.3, -0.25) is 4.79 Å². The maximum absolute atomic E-state index is 12.6. The number of nitrogens with one attached hydrogen (secondary N) is 2. The Morgan fingerprint density at radius 1 is 0.882 bits per heavy atom. The van der Waals surface area contributed by atoms with E-state index in [0.29, 0.717) is 11.3 Å². The van der Waals surface area contributed by atoms with Crippen molar-refractivity contribution in [3.63, 3.8) is 0 Å². The molecule has 3 aromatic carbocycles. The maximum atomic E-state index is 12.6. The van der Waals surface area contributed by atoms with Gasteiger partial charge in [0, 0.05) is 6.54 Å². The van der Waals surface area contributed by atoms with E-state index in [2.05, 4.69) is 36.0 Å². The Morgan fingerprint density at radius 2 is 1.56 bits per heavy atom. The van der Waals surface area contributed by atoms with Crippen LogP contribution in [-0.2, 0) is 21.4 Å². The molecule has 7 heteroatoms. The van der Waals surface area contributed by atoms with Crippen LogP contribution in [0.25, 0.3) is 0 Å². The number of rotatable bonds is 9. The van der Waals surface area contributed by atoms with Gasteiger partial charge in [-0.15, -0.1) is 0 Å². The Morgan fingerprint density at radius 3 is 2.24 bits per heavy atom. The predicted molar refractivity (Wildman–Crippen MR) is 134 cm³/mol. The summed E-state index contributed by atoms with van der Waals surface area (Å²) in [5.41, 5.74) is 6.11. The van der Waals surface area contributed by atoms with Crippen molar-refractivity contribution in [2.45, 2.75) is 52.1 Å². The molecule has 180 valence electrons. The van der Waals surface area contributed by atoms with Crippen molar-refractivity contribution in [1.82, 2.24) is 10.0 Å². The van der Waals surface area contributed by atoms with Gasteiger partial charge >= 0.3 is 0 Å². The second-order valence-electron chi connectivity index (χ2n) is 8.61. The van der Waals surface area contributed by atoms with E-state index in [1.807, 2.05) is 44.2 Å². The molecule has 0 heterocycles. The Kier molecular flexibility index (Phi) is 8.12. The Balaban J connectivity index is 1.59. The quantitative estimate of drug-likeness (QED) is 0.467. The predicted octanol–water partition coefficient (Wildman–Crippen LogP) is 4.65. The highest BCUT2D eigenvalue weighted by atomic mass is 32.2. The number of carbonyl (C=O) groups excluding carboxylic acids is 1. The molecule has 0 radical (unpaired) electrons. The molecule has 3 rings (SSSR count). The first-order valence-electron chi connectivity index (χ1n) is 11.2. The molecule has 2 N–H and O–H groups in total. The summed E-state index contributed by atoms with van der Waals surface area (Å²) in [5, 5.41) is 2.97. The Labute approximate surface area is 202 Å². The number of carbonyl (C=O) groups is 1. The molecule has 34 heavy (non-hydrogen) atoms. The fraction of sp³-hybridized carbons (Fsp3) is 0.296. The summed E-state index contributed by atoms with van der Waals surface area (Å²) in [4.78, 5) is 12.6. The normalized spacial score (nSPS) is 12.3. The largest absolute Gasteiger partial charge is 0.484 e. The summed E-state index contributed by atoms with van der Waals surface area (Å²) < 4.78 is 33.6. The standard InChI is InChI=1S/C27H32N2O4S/c1-18-13-20(3)25(15-19(18)2)22(5)29-27(30)17-33-26-12-11-24(14-21(26)4)34(31,32)28-16-23-9-7-6-8-10-23/h6-15,22,28H,16-17H2,1-5H3,(H,29,30)/t22-/m1/s1. The highest BCUT2D eigenvalue weighted by Gasteiger charge is 2.17. The van der Waals surface area contributed by atoms with Crippen molar-refractivity contribution in [2.24, 2.45) is 0 Å². The molecule has 1 atom stereocenters. The first-order chi connectivity index (χ1) is 16.1. The van der Waals surface area contributed by atoms with Crippen molar-refractivity contribution >= 4 is 15.9 Å². The molecule has 0 saturated carbocycles. The van der Waals surface area contributed by atoms with Crippen molar-refractivity contribution in [1.29, 1.82) is 0 Å². The van der Waals surface area contributed by atoms with Crippen molar-refractivity contribution in [2.75, 3.05) is 6.61 Å². The molecular weight excluding hydrogens is 448 g/mol. The first-order valence-corrected chi connectivity index (χ1v) is 12.7. The van der Waals surface area contributed by atoms with Gasteiger partial charge in [-0.2, -0.15) is 0 Å². The van der Waals surface area contributed by atoms with Gasteiger partial charge in [0.1, 0.15) is 5.75 Å². The number of benzene rings is 3. The summed E-state index contributed by atoms with van der Waals surface area (Å²) in [6, 6.07) is 18.0. The summed E-state index contributed by atoms with van der Waals surface area (Å²) in [5.74, 6) is 0.220. The molecule has 0 aliphatic heterocycles. The van der Waals surface area contributed by atoms with Gasteiger partial charge in [0.15, 0.2) is 6.61 Å². The summed E-state index contributed by atoms with van der Waals surface area (Å²) >= 11 is 0. The molecule has 0 aromatic heterocycles. The minimum atomic E-state index is -3.67.